The van der Waals surface area contributed by atoms with Crippen LogP contribution in [0.2, 0.25) is 0 Å². The number of aliphatic hydroxyl groups excluding tert-OH is 2. The van der Waals surface area contributed by atoms with Gasteiger partial charge in [-0.1, -0.05) is 17.7 Å². The largest absolute Gasteiger partial charge is 0.388 e. The molecule has 146 valence electrons. The highest BCUT2D eigenvalue weighted by Crippen LogP contribution is 2.23. The number of aryl methyl sites for hydroxylation is 1. The molecule has 1 aliphatic rings. The van der Waals surface area contributed by atoms with Crippen molar-refractivity contribution < 1.29 is 37.1 Å². The van der Waals surface area contributed by atoms with E-state index in [-0.39, 0.29) is 4.90 Å². The third kappa shape index (κ3) is 4.78. The van der Waals surface area contributed by atoms with E-state index in [0.29, 0.717) is 0 Å². The molecule has 1 fully saturated rings. The molecule has 2 rings (SSSR count). The number of nitrogens with one attached hydrogen (secondary N) is 1. The first-order valence-electron chi connectivity index (χ1n) is 7.93. The van der Waals surface area contributed by atoms with Crippen LogP contribution in [0.3, 0.4) is 0 Å². The molecule has 1 heterocycles. The van der Waals surface area contributed by atoms with Crippen LogP contribution in [0.5, 0.6) is 0 Å². The maximum Gasteiger partial charge on any atom is 0.297 e. The van der Waals surface area contributed by atoms with Crippen molar-refractivity contribution in [2.24, 2.45) is 0 Å². The van der Waals surface area contributed by atoms with E-state index in [0.717, 1.165) is 5.56 Å². The summed E-state index contributed by atoms with van der Waals surface area (Å²) < 4.78 is 39.9. The van der Waals surface area contributed by atoms with Gasteiger partial charge in [-0.2, -0.15) is 8.42 Å². The Bertz CT molecular complexity index is 718. The zero-order valence-corrected chi connectivity index (χ0v) is 15.5. The van der Waals surface area contributed by atoms with Crippen LogP contribution in [-0.2, 0) is 28.6 Å². The van der Waals surface area contributed by atoms with Gasteiger partial charge in [0.15, 0.2) is 6.29 Å². The standard InChI is InChI=1S/C16H23NO8S/c1-9-4-6-11(7-5-9)26(21,22)24-8-12-14(19)15(20)13(17-10(2)18)16(23-3)25-12/h4-7,12-16,19-20H,8H2,1-3H3,(H,17,18)/t12-,13+,14-,15+,16+/m1/s1. The van der Waals surface area contributed by atoms with Gasteiger partial charge in [0.25, 0.3) is 10.1 Å². The van der Waals surface area contributed by atoms with Crippen LogP contribution in [0.4, 0.5) is 0 Å². The Morgan fingerprint density at radius 3 is 2.38 bits per heavy atom. The zero-order valence-electron chi connectivity index (χ0n) is 14.7. The van der Waals surface area contributed by atoms with Gasteiger partial charge in [-0.25, -0.2) is 0 Å². The Labute approximate surface area is 152 Å². The Hall–Kier alpha value is -1.56. The Kier molecular flexibility index (Phi) is 6.72. The molecule has 26 heavy (non-hydrogen) atoms. The summed E-state index contributed by atoms with van der Waals surface area (Å²) in [5.74, 6) is -0.441. The number of benzene rings is 1. The third-order valence-electron chi connectivity index (χ3n) is 4.00. The molecule has 0 saturated carbocycles. The third-order valence-corrected chi connectivity index (χ3v) is 5.30. The molecular weight excluding hydrogens is 366 g/mol. The lowest BCUT2D eigenvalue weighted by Crippen LogP contribution is -2.64. The lowest BCUT2D eigenvalue weighted by atomic mass is 9.97. The summed E-state index contributed by atoms with van der Waals surface area (Å²) in [6, 6.07) is 5.07. The van der Waals surface area contributed by atoms with Gasteiger partial charge in [0, 0.05) is 14.0 Å². The van der Waals surface area contributed by atoms with E-state index < -0.39 is 53.3 Å². The minimum Gasteiger partial charge on any atom is -0.388 e. The van der Waals surface area contributed by atoms with Crippen molar-refractivity contribution in [1.29, 1.82) is 0 Å². The molecule has 1 amide bonds. The molecule has 1 aliphatic heterocycles. The van der Waals surface area contributed by atoms with E-state index in [9.17, 15) is 23.4 Å². The normalized spacial score (nSPS) is 29.3. The molecule has 0 aliphatic carbocycles. The highest BCUT2D eigenvalue weighted by Gasteiger charge is 2.45. The van der Waals surface area contributed by atoms with Crippen molar-refractivity contribution in [1.82, 2.24) is 5.32 Å². The molecule has 0 spiro atoms. The number of hydrogen-bond acceptors (Lipinski definition) is 8. The summed E-state index contributed by atoms with van der Waals surface area (Å²) >= 11 is 0. The first-order chi connectivity index (χ1) is 12.2. The Morgan fingerprint density at radius 1 is 1.23 bits per heavy atom. The van der Waals surface area contributed by atoms with E-state index in [2.05, 4.69) is 5.32 Å². The number of ether oxygens (including phenoxy) is 2. The second-order valence-electron chi connectivity index (χ2n) is 6.04. The van der Waals surface area contributed by atoms with Crippen LogP contribution in [0, 0.1) is 6.92 Å². The molecule has 1 aromatic carbocycles. The van der Waals surface area contributed by atoms with Gasteiger partial charge in [0.05, 0.1) is 11.5 Å². The molecular formula is C16H23NO8S. The zero-order chi connectivity index (χ0) is 19.5. The number of amides is 1. The number of hydrogen-bond donors (Lipinski definition) is 3. The van der Waals surface area contributed by atoms with E-state index >= 15 is 0 Å². The maximum absolute atomic E-state index is 12.2. The van der Waals surface area contributed by atoms with Crippen LogP contribution < -0.4 is 5.32 Å². The fourth-order valence-electron chi connectivity index (χ4n) is 2.59. The van der Waals surface area contributed by atoms with E-state index in [4.69, 9.17) is 13.7 Å². The van der Waals surface area contributed by atoms with Crippen molar-refractivity contribution in [2.45, 2.75) is 49.4 Å². The topological polar surface area (TPSA) is 131 Å². The first-order valence-corrected chi connectivity index (χ1v) is 9.34. The number of rotatable bonds is 6. The quantitative estimate of drug-likeness (QED) is 0.544. The predicted molar refractivity (Wildman–Crippen MR) is 89.6 cm³/mol. The Balaban J connectivity index is 2.07. The summed E-state index contributed by atoms with van der Waals surface area (Å²) in [5.41, 5.74) is 0.894. The molecule has 1 saturated heterocycles. The number of carbonyl (C=O) groups excluding carboxylic acids is 1. The van der Waals surface area contributed by atoms with E-state index in [1.165, 1.54) is 26.2 Å². The number of aliphatic hydroxyl groups is 2. The molecule has 3 N–H and O–H groups in total. The highest BCUT2D eigenvalue weighted by molar-refractivity contribution is 7.86. The van der Waals surface area contributed by atoms with Crippen LogP contribution in [0.1, 0.15) is 12.5 Å². The number of methoxy groups -OCH3 is 1. The van der Waals surface area contributed by atoms with Gasteiger partial charge in [-0.15, -0.1) is 0 Å². The minimum atomic E-state index is -4.06. The summed E-state index contributed by atoms with van der Waals surface area (Å²) in [6.45, 7) is 2.54. The highest BCUT2D eigenvalue weighted by atomic mass is 32.2. The lowest BCUT2D eigenvalue weighted by Gasteiger charge is -2.41. The van der Waals surface area contributed by atoms with Crippen molar-refractivity contribution in [3.63, 3.8) is 0 Å². The second-order valence-corrected chi connectivity index (χ2v) is 7.65. The van der Waals surface area contributed by atoms with Gasteiger partial charge in [-0.05, 0) is 19.1 Å². The van der Waals surface area contributed by atoms with Gasteiger partial charge < -0.3 is 25.0 Å². The van der Waals surface area contributed by atoms with Gasteiger partial charge in [0.2, 0.25) is 5.91 Å². The van der Waals surface area contributed by atoms with Crippen molar-refractivity contribution in [3.05, 3.63) is 29.8 Å². The molecule has 0 unspecified atom stereocenters. The van der Waals surface area contributed by atoms with Crippen LogP contribution in [-0.4, -0.2) is 68.9 Å². The average molecular weight is 389 g/mol. The van der Waals surface area contributed by atoms with Crippen LogP contribution >= 0.6 is 0 Å². The van der Waals surface area contributed by atoms with Crippen molar-refractivity contribution in [3.8, 4) is 0 Å². The summed E-state index contributed by atoms with van der Waals surface area (Å²) in [6.07, 6.45) is -5.15. The van der Waals surface area contributed by atoms with Gasteiger partial charge >= 0.3 is 0 Å². The van der Waals surface area contributed by atoms with Gasteiger partial charge in [0.1, 0.15) is 24.4 Å². The summed E-state index contributed by atoms with van der Waals surface area (Å²) in [7, 11) is -2.76. The predicted octanol–water partition coefficient (Wildman–Crippen LogP) is -0.702. The molecule has 9 nitrogen and oxygen atoms in total. The fraction of sp³-hybridized carbons (Fsp3) is 0.562. The van der Waals surface area contributed by atoms with Crippen LogP contribution in [0.15, 0.2) is 29.2 Å². The minimum absolute atomic E-state index is 0.0339. The lowest BCUT2D eigenvalue weighted by molar-refractivity contribution is -0.261. The van der Waals surface area contributed by atoms with E-state index in [1.807, 2.05) is 6.92 Å². The molecule has 0 bridgehead atoms. The summed E-state index contributed by atoms with van der Waals surface area (Å²) in [4.78, 5) is 11.2. The van der Waals surface area contributed by atoms with Gasteiger partial charge in [-0.3, -0.25) is 8.98 Å². The Morgan fingerprint density at radius 2 is 1.85 bits per heavy atom. The van der Waals surface area contributed by atoms with Crippen molar-refractivity contribution in [2.75, 3.05) is 13.7 Å². The second kappa shape index (κ2) is 8.42. The molecule has 10 heteroatoms. The molecule has 0 aromatic heterocycles. The first kappa shape index (κ1) is 20.7. The van der Waals surface area contributed by atoms with Crippen LogP contribution in [0.25, 0.3) is 0 Å². The smallest absolute Gasteiger partial charge is 0.297 e. The molecule has 0 radical (unpaired) electrons. The monoisotopic (exact) mass is 389 g/mol. The molecule has 1 aromatic rings. The number of carbonyl (C=O) groups is 1. The SMILES string of the molecule is CO[C@H]1O[C@H](COS(=O)(=O)c2ccc(C)cc2)[C@@H](O)[C@@H](O)[C@@H]1NC(C)=O. The van der Waals surface area contributed by atoms with Crippen molar-refractivity contribution >= 4 is 16.0 Å². The van der Waals surface area contributed by atoms with E-state index in [1.54, 1.807) is 12.1 Å². The fourth-order valence-corrected chi connectivity index (χ4v) is 3.51. The molecule has 5 atom stereocenters. The maximum atomic E-state index is 12.2. The summed E-state index contributed by atoms with van der Waals surface area (Å²) in [5, 5.41) is 22.8. The average Bonchev–Trinajstić information content (AvgIpc) is 2.58.